The van der Waals surface area contributed by atoms with Gasteiger partial charge in [0.15, 0.2) is 0 Å². The minimum Gasteiger partial charge on any atom is -0.376 e. The van der Waals surface area contributed by atoms with E-state index in [4.69, 9.17) is 10.00 Å². The largest absolute Gasteiger partial charge is 0.376 e. The fourth-order valence-electron chi connectivity index (χ4n) is 2.07. The van der Waals surface area contributed by atoms with Crippen molar-refractivity contribution in [2.24, 2.45) is 5.92 Å². The highest BCUT2D eigenvalue weighted by Gasteiger charge is 2.26. The first-order valence-corrected chi connectivity index (χ1v) is 7.01. The molecule has 18 heavy (non-hydrogen) atoms. The Hall–Kier alpha value is -1.44. The summed E-state index contributed by atoms with van der Waals surface area (Å²) < 4.78 is 17.6. The minimum absolute atomic E-state index is 0.133. The summed E-state index contributed by atoms with van der Waals surface area (Å²) in [7, 11) is 0.446. The van der Waals surface area contributed by atoms with E-state index in [-0.39, 0.29) is 12.0 Å². The molecule has 1 aliphatic carbocycles. The fraction of sp³-hybridized carbons (Fsp3) is 0.357. The molecule has 1 aromatic carbocycles. The van der Waals surface area contributed by atoms with E-state index in [0.29, 0.717) is 12.8 Å². The number of rotatable bonds is 3. The Labute approximate surface area is 110 Å². The van der Waals surface area contributed by atoms with Crippen LogP contribution >= 0.6 is 0 Å². The molecule has 1 aromatic rings. The van der Waals surface area contributed by atoms with Crippen LogP contribution in [0.25, 0.3) is 0 Å². The Morgan fingerprint density at radius 1 is 1.39 bits per heavy atom. The molecule has 1 aliphatic rings. The van der Waals surface area contributed by atoms with E-state index in [1.54, 1.807) is 7.11 Å². The molecule has 0 heterocycles. The van der Waals surface area contributed by atoms with Crippen LogP contribution in [0.3, 0.4) is 0 Å². The highest BCUT2D eigenvalue weighted by molar-refractivity contribution is 7.89. The van der Waals surface area contributed by atoms with Crippen molar-refractivity contribution in [2.75, 3.05) is 7.11 Å². The van der Waals surface area contributed by atoms with Gasteiger partial charge in [-0.05, 0) is 31.1 Å². The van der Waals surface area contributed by atoms with Gasteiger partial charge in [-0.3, -0.25) is 0 Å². The Morgan fingerprint density at radius 3 is 2.72 bits per heavy atom. The lowest BCUT2D eigenvalue weighted by molar-refractivity contribution is 0.101. The summed E-state index contributed by atoms with van der Waals surface area (Å²) in [6.07, 6.45) is 3.01. The first-order valence-electron chi connectivity index (χ1n) is 5.86. The number of nitriles is 1. The van der Waals surface area contributed by atoms with Crippen molar-refractivity contribution in [3.05, 3.63) is 41.3 Å². The molecule has 0 spiro atoms. The van der Waals surface area contributed by atoms with Gasteiger partial charge in [0, 0.05) is 16.9 Å². The molecule has 3 atom stereocenters. The summed E-state index contributed by atoms with van der Waals surface area (Å²) in [6, 6.07) is 11.6. The maximum atomic E-state index is 12.4. The second kappa shape index (κ2) is 5.94. The van der Waals surface area contributed by atoms with Crippen LogP contribution in [0.4, 0.5) is 0 Å². The molecule has 0 bridgehead atoms. The quantitative estimate of drug-likeness (QED) is 0.840. The molecule has 0 fully saturated rings. The van der Waals surface area contributed by atoms with Crippen LogP contribution in [0.5, 0.6) is 0 Å². The molecule has 0 saturated carbocycles. The lowest BCUT2D eigenvalue weighted by Crippen LogP contribution is -2.24. The molecule has 0 aromatic heterocycles. The Balaban J connectivity index is 2.22. The molecule has 0 amide bonds. The summed E-state index contributed by atoms with van der Waals surface area (Å²) >= 11 is 0. The molecule has 4 heteroatoms. The van der Waals surface area contributed by atoms with E-state index < -0.39 is 10.8 Å². The number of nitrogens with zero attached hydrogens (tertiary/aromatic N) is 1. The standard InChI is InChI=1S/C14H15NO2S/c1-17-14-9-13(8-7-11(14)10-15)18(16)12-5-3-2-4-6-12/h2-6,9,11,14H,7-8H2,1H3/t11-,14+,18?/m1/s1. The van der Waals surface area contributed by atoms with Crippen molar-refractivity contribution < 1.29 is 8.95 Å². The van der Waals surface area contributed by atoms with Crippen molar-refractivity contribution in [3.63, 3.8) is 0 Å². The summed E-state index contributed by atoms with van der Waals surface area (Å²) in [4.78, 5) is 1.66. The molecule has 3 nitrogen and oxygen atoms in total. The first-order chi connectivity index (χ1) is 8.76. The van der Waals surface area contributed by atoms with E-state index in [2.05, 4.69) is 6.07 Å². The molecular weight excluding hydrogens is 246 g/mol. The average molecular weight is 261 g/mol. The van der Waals surface area contributed by atoms with Crippen LogP contribution in [0.15, 0.2) is 46.2 Å². The van der Waals surface area contributed by atoms with Gasteiger partial charge in [0.2, 0.25) is 0 Å². The van der Waals surface area contributed by atoms with Gasteiger partial charge < -0.3 is 4.74 Å². The van der Waals surface area contributed by atoms with Crippen LogP contribution in [0.1, 0.15) is 12.8 Å². The smallest absolute Gasteiger partial charge is 0.0921 e. The second-order valence-electron chi connectivity index (χ2n) is 4.19. The van der Waals surface area contributed by atoms with Gasteiger partial charge in [0.1, 0.15) is 0 Å². The number of ether oxygens (including phenoxy) is 1. The third kappa shape index (κ3) is 2.69. The van der Waals surface area contributed by atoms with Gasteiger partial charge in [0.25, 0.3) is 0 Å². The fourth-order valence-corrected chi connectivity index (χ4v) is 3.33. The predicted octanol–water partition coefficient (Wildman–Crippen LogP) is 2.63. The Morgan fingerprint density at radius 2 is 2.11 bits per heavy atom. The van der Waals surface area contributed by atoms with Crippen molar-refractivity contribution in [1.82, 2.24) is 0 Å². The molecule has 94 valence electrons. The Kier molecular flexibility index (Phi) is 4.29. The van der Waals surface area contributed by atoms with Crippen molar-refractivity contribution in [1.29, 1.82) is 5.26 Å². The zero-order valence-electron chi connectivity index (χ0n) is 10.2. The number of benzene rings is 1. The van der Waals surface area contributed by atoms with Crippen LogP contribution in [-0.2, 0) is 15.5 Å². The number of hydrogen-bond donors (Lipinski definition) is 0. The maximum Gasteiger partial charge on any atom is 0.0921 e. The van der Waals surface area contributed by atoms with Gasteiger partial charge in [-0.15, -0.1) is 0 Å². The minimum atomic E-state index is -1.14. The molecule has 0 N–H and O–H groups in total. The molecular formula is C14H15NO2S. The average Bonchev–Trinajstić information content (AvgIpc) is 2.46. The normalized spacial score (nSPS) is 25.0. The molecule has 1 unspecified atom stereocenters. The lowest BCUT2D eigenvalue weighted by atomic mass is 9.93. The first kappa shape index (κ1) is 13.0. The van der Waals surface area contributed by atoms with Crippen molar-refractivity contribution in [3.8, 4) is 6.07 Å². The number of allylic oxidation sites excluding steroid dienone is 1. The monoisotopic (exact) mass is 261 g/mol. The second-order valence-corrected chi connectivity index (χ2v) is 5.72. The topological polar surface area (TPSA) is 50.1 Å². The van der Waals surface area contributed by atoms with Crippen LogP contribution in [0.2, 0.25) is 0 Å². The van der Waals surface area contributed by atoms with Gasteiger partial charge in [0.05, 0.1) is 28.9 Å². The SMILES string of the molecule is CO[C@H]1C=C(S(=O)c2ccccc2)CC[C@@H]1C#N. The zero-order valence-corrected chi connectivity index (χ0v) is 11.0. The van der Waals surface area contributed by atoms with E-state index >= 15 is 0 Å². The summed E-state index contributed by atoms with van der Waals surface area (Å²) in [6.45, 7) is 0. The van der Waals surface area contributed by atoms with Crippen molar-refractivity contribution >= 4 is 10.8 Å². The third-order valence-electron chi connectivity index (χ3n) is 3.08. The van der Waals surface area contributed by atoms with Gasteiger partial charge in [-0.1, -0.05) is 18.2 Å². The van der Waals surface area contributed by atoms with E-state index in [0.717, 1.165) is 9.80 Å². The molecule has 2 rings (SSSR count). The van der Waals surface area contributed by atoms with E-state index in [1.165, 1.54) is 0 Å². The maximum absolute atomic E-state index is 12.4. The third-order valence-corrected chi connectivity index (χ3v) is 4.60. The summed E-state index contributed by atoms with van der Waals surface area (Å²) in [5.41, 5.74) is 0. The van der Waals surface area contributed by atoms with Crippen LogP contribution in [0, 0.1) is 17.2 Å². The predicted molar refractivity (Wildman–Crippen MR) is 70.1 cm³/mol. The highest BCUT2D eigenvalue weighted by atomic mass is 32.2. The van der Waals surface area contributed by atoms with Crippen molar-refractivity contribution in [2.45, 2.75) is 23.8 Å². The summed E-state index contributed by atoms with van der Waals surface area (Å²) in [5.74, 6) is -0.133. The summed E-state index contributed by atoms with van der Waals surface area (Å²) in [5, 5.41) is 9.00. The Bertz CT molecular complexity index is 504. The molecule has 0 saturated heterocycles. The highest BCUT2D eigenvalue weighted by Crippen LogP contribution is 2.29. The van der Waals surface area contributed by atoms with E-state index in [1.807, 2.05) is 36.4 Å². The van der Waals surface area contributed by atoms with Gasteiger partial charge >= 0.3 is 0 Å². The van der Waals surface area contributed by atoms with Crippen LogP contribution in [-0.4, -0.2) is 17.4 Å². The molecule has 0 aliphatic heterocycles. The zero-order chi connectivity index (χ0) is 13.0. The number of hydrogen-bond acceptors (Lipinski definition) is 3. The lowest BCUT2D eigenvalue weighted by Gasteiger charge is -2.24. The van der Waals surface area contributed by atoms with Gasteiger partial charge in [-0.2, -0.15) is 5.26 Å². The van der Waals surface area contributed by atoms with Gasteiger partial charge in [-0.25, -0.2) is 4.21 Å². The van der Waals surface area contributed by atoms with Crippen LogP contribution < -0.4 is 0 Å². The molecule has 0 radical (unpaired) electrons. The van der Waals surface area contributed by atoms with E-state index in [9.17, 15) is 4.21 Å². The number of methoxy groups -OCH3 is 1.